The van der Waals surface area contributed by atoms with E-state index < -0.39 is 18.4 Å². The molecule has 5 nitrogen and oxygen atoms in total. The van der Waals surface area contributed by atoms with Gasteiger partial charge in [0.1, 0.15) is 6.10 Å². The third-order valence-corrected chi connectivity index (χ3v) is 3.40. The highest BCUT2D eigenvalue weighted by Gasteiger charge is 2.20. The van der Waals surface area contributed by atoms with Gasteiger partial charge in [-0.2, -0.15) is 0 Å². The van der Waals surface area contributed by atoms with Crippen LogP contribution in [0.25, 0.3) is 6.08 Å². The molecule has 0 bridgehead atoms. The molecule has 1 atom stereocenters. The van der Waals surface area contributed by atoms with Gasteiger partial charge in [-0.15, -0.1) is 0 Å². The van der Waals surface area contributed by atoms with Crippen LogP contribution >= 0.6 is 0 Å². The van der Waals surface area contributed by atoms with Gasteiger partial charge in [0.05, 0.1) is 7.11 Å². The van der Waals surface area contributed by atoms with Crippen molar-refractivity contribution < 1.29 is 24.5 Å². The van der Waals surface area contributed by atoms with Gasteiger partial charge in [0.2, 0.25) is 5.76 Å². The minimum atomic E-state index is -1.50. The molecule has 0 fully saturated rings. The molecule has 1 rings (SSSR count). The van der Waals surface area contributed by atoms with E-state index >= 15 is 0 Å². The van der Waals surface area contributed by atoms with Gasteiger partial charge in [-0.05, 0) is 24.5 Å². The van der Waals surface area contributed by atoms with Crippen LogP contribution in [-0.4, -0.2) is 35.7 Å². The Labute approximate surface area is 137 Å². The van der Waals surface area contributed by atoms with Crippen molar-refractivity contribution in [1.29, 1.82) is 0 Å². The minimum absolute atomic E-state index is 0.00220. The SMILES string of the molecule is CCCCCC(CC(O)O)OC(=O)C(=Cc1ccccc1)OC. The van der Waals surface area contributed by atoms with Gasteiger partial charge in [-0.3, -0.25) is 0 Å². The first-order valence-electron chi connectivity index (χ1n) is 7.94. The summed E-state index contributed by atoms with van der Waals surface area (Å²) in [7, 11) is 1.41. The van der Waals surface area contributed by atoms with E-state index in [1.54, 1.807) is 6.08 Å². The lowest BCUT2D eigenvalue weighted by atomic mass is 10.1. The van der Waals surface area contributed by atoms with Gasteiger partial charge in [0.15, 0.2) is 6.29 Å². The van der Waals surface area contributed by atoms with E-state index in [1.807, 2.05) is 30.3 Å². The summed E-state index contributed by atoms with van der Waals surface area (Å²) in [6, 6.07) is 9.31. The summed E-state index contributed by atoms with van der Waals surface area (Å²) in [6.45, 7) is 2.08. The molecule has 0 aliphatic rings. The number of carbonyl (C=O) groups excluding carboxylic acids is 1. The number of carbonyl (C=O) groups is 1. The van der Waals surface area contributed by atoms with Crippen LogP contribution in [-0.2, 0) is 14.3 Å². The molecule has 23 heavy (non-hydrogen) atoms. The number of aliphatic hydroxyl groups excluding tert-OH is 1. The number of hydrogen-bond donors (Lipinski definition) is 2. The van der Waals surface area contributed by atoms with Crippen molar-refractivity contribution in [2.45, 2.75) is 51.4 Å². The highest BCUT2D eigenvalue weighted by atomic mass is 16.6. The number of aliphatic hydroxyl groups is 2. The van der Waals surface area contributed by atoms with E-state index in [2.05, 4.69) is 6.92 Å². The molecule has 0 spiro atoms. The lowest BCUT2D eigenvalue weighted by Gasteiger charge is -2.19. The lowest BCUT2D eigenvalue weighted by molar-refractivity contribution is -0.153. The average Bonchev–Trinajstić information content (AvgIpc) is 2.53. The van der Waals surface area contributed by atoms with E-state index in [9.17, 15) is 4.79 Å². The van der Waals surface area contributed by atoms with Crippen molar-refractivity contribution >= 4 is 12.0 Å². The molecule has 1 aromatic rings. The van der Waals surface area contributed by atoms with Crippen LogP contribution in [0, 0.1) is 0 Å². The third-order valence-electron chi connectivity index (χ3n) is 3.40. The Bertz CT molecular complexity index is 481. The van der Waals surface area contributed by atoms with Gasteiger partial charge in [0, 0.05) is 6.42 Å². The van der Waals surface area contributed by atoms with Crippen LogP contribution in [0.4, 0.5) is 0 Å². The Morgan fingerprint density at radius 3 is 2.48 bits per heavy atom. The molecular formula is C18H26O5. The number of unbranched alkanes of at least 4 members (excludes halogenated alkanes) is 2. The quantitative estimate of drug-likeness (QED) is 0.228. The summed E-state index contributed by atoms with van der Waals surface area (Å²) in [5.41, 5.74) is 0.825. The molecule has 0 heterocycles. The van der Waals surface area contributed by atoms with Crippen LogP contribution in [0.1, 0.15) is 44.6 Å². The van der Waals surface area contributed by atoms with E-state index in [0.29, 0.717) is 6.42 Å². The molecule has 5 heteroatoms. The topological polar surface area (TPSA) is 76.0 Å². The largest absolute Gasteiger partial charge is 0.490 e. The number of rotatable bonds is 10. The summed E-state index contributed by atoms with van der Waals surface area (Å²) >= 11 is 0. The van der Waals surface area contributed by atoms with Crippen molar-refractivity contribution in [3.8, 4) is 0 Å². The van der Waals surface area contributed by atoms with E-state index in [0.717, 1.165) is 24.8 Å². The fraction of sp³-hybridized carbons (Fsp3) is 0.500. The highest BCUT2D eigenvalue weighted by molar-refractivity contribution is 5.91. The summed E-state index contributed by atoms with van der Waals surface area (Å²) in [5.74, 6) is -0.511. The molecule has 0 saturated carbocycles. The zero-order valence-corrected chi connectivity index (χ0v) is 13.8. The maximum atomic E-state index is 12.2. The second-order valence-corrected chi connectivity index (χ2v) is 5.36. The molecular weight excluding hydrogens is 296 g/mol. The number of benzene rings is 1. The van der Waals surface area contributed by atoms with E-state index in [-0.39, 0.29) is 12.2 Å². The van der Waals surface area contributed by atoms with Crippen molar-refractivity contribution in [3.05, 3.63) is 41.7 Å². The second-order valence-electron chi connectivity index (χ2n) is 5.36. The highest BCUT2D eigenvalue weighted by Crippen LogP contribution is 2.16. The molecule has 0 aromatic heterocycles. The standard InChI is InChI=1S/C18H26O5/c1-3-4-6-11-15(13-17(19)20)23-18(21)16(22-2)12-14-9-7-5-8-10-14/h5,7-10,12,15,17,19-20H,3-4,6,11,13H2,1-2H3. The lowest BCUT2D eigenvalue weighted by Crippen LogP contribution is -2.25. The smallest absolute Gasteiger partial charge is 0.373 e. The maximum Gasteiger partial charge on any atom is 0.373 e. The van der Waals surface area contributed by atoms with Gasteiger partial charge in [0.25, 0.3) is 0 Å². The minimum Gasteiger partial charge on any atom is -0.490 e. The number of hydrogen-bond acceptors (Lipinski definition) is 5. The first kappa shape index (κ1) is 19.2. The molecule has 0 aliphatic heterocycles. The molecule has 0 aliphatic carbocycles. The fourth-order valence-corrected chi connectivity index (χ4v) is 2.19. The Kier molecular flexibility index (Phi) is 9.02. The van der Waals surface area contributed by atoms with Crippen molar-refractivity contribution in [3.63, 3.8) is 0 Å². The predicted octanol–water partition coefficient (Wildman–Crippen LogP) is 2.87. The number of ether oxygens (including phenoxy) is 2. The normalized spacial score (nSPS) is 13.0. The van der Waals surface area contributed by atoms with Gasteiger partial charge in [-0.1, -0.05) is 50.1 Å². The monoisotopic (exact) mass is 322 g/mol. The molecule has 1 aromatic carbocycles. The zero-order chi connectivity index (χ0) is 17.1. The molecule has 1 unspecified atom stereocenters. The maximum absolute atomic E-state index is 12.2. The van der Waals surface area contributed by atoms with Crippen LogP contribution in [0.15, 0.2) is 36.1 Å². The summed E-state index contributed by atoms with van der Waals surface area (Å²) in [5, 5.41) is 18.3. The predicted molar refractivity (Wildman–Crippen MR) is 88.3 cm³/mol. The molecule has 0 radical (unpaired) electrons. The van der Waals surface area contributed by atoms with Crippen molar-refractivity contribution in [2.75, 3.05) is 7.11 Å². The molecule has 0 amide bonds. The fourth-order valence-electron chi connectivity index (χ4n) is 2.19. The Morgan fingerprint density at radius 1 is 1.22 bits per heavy atom. The molecule has 2 N–H and O–H groups in total. The summed E-state index contributed by atoms with van der Waals surface area (Å²) < 4.78 is 10.5. The van der Waals surface area contributed by atoms with E-state index in [1.165, 1.54) is 7.11 Å². The summed E-state index contributed by atoms with van der Waals surface area (Å²) in [6.07, 6.45) is 3.07. The molecule has 128 valence electrons. The third kappa shape index (κ3) is 7.81. The number of methoxy groups -OCH3 is 1. The van der Waals surface area contributed by atoms with Crippen LogP contribution < -0.4 is 0 Å². The number of esters is 1. The summed E-state index contributed by atoms with van der Waals surface area (Å²) in [4.78, 5) is 12.2. The molecule has 0 saturated heterocycles. The van der Waals surface area contributed by atoms with Crippen LogP contribution in [0.5, 0.6) is 0 Å². The average molecular weight is 322 g/mol. The Balaban J connectivity index is 2.72. The van der Waals surface area contributed by atoms with Gasteiger partial charge in [-0.25, -0.2) is 4.79 Å². The zero-order valence-electron chi connectivity index (χ0n) is 13.8. The van der Waals surface area contributed by atoms with Crippen molar-refractivity contribution in [2.24, 2.45) is 0 Å². The van der Waals surface area contributed by atoms with Crippen LogP contribution in [0.3, 0.4) is 0 Å². The van der Waals surface area contributed by atoms with Gasteiger partial charge < -0.3 is 19.7 Å². The van der Waals surface area contributed by atoms with E-state index in [4.69, 9.17) is 19.7 Å². The Hall–Kier alpha value is -1.85. The first-order valence-corrected chi connectivity index (χ1v) is 7.94. The Morgan fingerprint density at radius 2 is 1.91 bits per heavy atom. The van der Waals surface area contributed by atoms with Gasteiger partial charge >= 0.3 is 5.97 Å². The second kappa shape index (κ2) is 10.8. The van der Waals surface area contributed by atoms with Crippen molar-refractivity contribution in [1.82, 2.24) is 0 Å². The van der Waals surface area contributed by atoms with Crippen LogP contribution in [0.2, 0.25) is 0 Å². The first-order chi connectivity index (χ1) is 11.1.